The second-order valence-corrected chi connectivity index (χ2v) is 5.87. The number of H-pyrrole nitrogens is 1. The van der Waals surface area contributed by atoms with E-state index in [1.165, 1.54) is 11.1 Å². The molecule has 0 bridgehead atoms. The number of rotatable bonds is 5. The first-order chi connectivity index (χ1) is 10.7. The van der Waals surface area contributed by atoms with Gasteiger partial charge in [0.15, 0.2) is 5.16 Å². The highest BCUT2D eigenvalue weighted by Crippen LogP contribution is 2.23. The third-order valence-corrected chi connectivity index (χ3v) is 4.55. The fraction of sp³-hybridized carbons (Fsp3) is 0.267. The summed E-state index contributed by atoms with van der Waals surface area (Å²) in [4.78, 5) is 15.6. The number of nitrogens with zero attached hydrogens (tertiary/aromatic N) is 4. The Labute approximate surface area is 132 Å². The van der Waals surface area contributed by atoms with Gasteiger partial charge in [0.1, 0.15) is 0 Å². The first-order valence-electron chi connectivity index (χ1n) is 7.05. The molecule has 7 heteroatoms. The largest absolute Gasteiger partial charge is 0.343 e. The molecule has 3 rings (SSSR count). The molecular formula is C15H17N5OS. The van der Waals surface area contributed by atoms with Gasteiger partial charge in [0, 0.05) is 30.4 Å². The highest BCUT2D eigenvalue weighted by Gasteiger charge is 2.09. The van der Waals surface area contributed by atoms with Crippen LogP contribution >= 0.6 is 11.8 Å². The van der Waals surface area contributed by atoms with E-state index in [-0.39, 0.29) is 5.69 Å². The van der Waals surface area contributed by atoms with E-state index in [9.17, 15) is 4.79 Å². The predicted molar refractivity (Wildman–Crippen MR) is 86.4 cm³/mol. The summed E-state index contributed by atoms with van der Waals surface area (Å²) in [6, 6.07) is 6.32. The van der Waals surface area contributed by atoms with Crippen LogP contribution in [-0.2, 0) is 12.3 Å². The molecule has 114 valence electrons. The molecule has 0 radical (unpaired) electrons. The van der Waals surface area contributed by atoms with Crippen LogP contribution in [0.25, 0.3) is 5.69 Å². The Kier molecular flexibility index (Phi) is 4.15. The number of aromatic amines is 1. The summed E-state index contributed by atoms with van der Waals surface area (Å²) in [5.74, 6) is 0.778. The number of nitrogens with one attached hydrogen (secondary N) is 1. The van der Waals surface area contributed by atoms with Crippen LogP contribution < -0.4 is 5.69 Å². The number of imidazole rings is 1. The zero-order valence-corrected chi connectivity index (χ0v) is 13.3. The summed E-state index contributed by atoms with van der Waals surface area (Å²) >= 11 is 1.56. The lowest BCUT2D eigenvalue weighted by Gasteiger charge is -2.09. The molecule has 2 aromatic heterocycles. The average Bonchev–Trinajstić information content (AvgIpc) is 3.15. The van der Waals surface area contributed by atoms with E-state index >= 15 is 0 Å². The highest BCUT2D eigenvalue weighted by atomic mass is 32.2. The van der Waals surface area contributed by atoms with Crippen molar-refractivity contribution in [2.75, 3.05) is 0 Å². The SMILES string of the molecule is CCn1c(SCc2ccc(-n3ccnc3)cc2C)n[nH]c1=O. The van der Waals surface area contributed by atoms with Gasteiger partial charge in [0.05, 0.1) is 6.33 Å². The molecule has 3 aromatic rings. The van der Waals surface area contributed by atoms with Crippen molar-refractivity contribution < 1.29 is 0 Å². The average molecular weight is 315 g/mol. The minimum Gasteiger partial charge on any atom is -0.306 e. The van der Waals surface area contributed by atoms with E-state index < -0.39 is 0 Å². The van der Waals surface area contributed by atoms with Gasteiger partial charge >= 0.3 is 5.69 Å². The van der Waals surface area contributed by atoms with Gasteiger partial charge in [-0.25, -0.2) is 14.9 Å². The first kappa shape index (κ1) is 14.6. The van der Waals surface area contributed by atoms with E-state index in [0.717, 1.165) is 16.6 Å². The number of hydrogen-bond acceptors (Lipinski definition) is 4. The van der Waals surface area contributed by atoms with Crippen molar-refractivity contribution in [2.45, 2.75) is 31.3 Å². The molecule has 22 heavy (non-hydrogen) atoms. The molecule has 0 fully saturated rings. The van der Waals surface area contributed by atoms with Gasteiger partial charge in [-0.05, 0) is 37.1 Å². The van der Waals surface area contributed by atoms with Gasteiger partial charge in [-0.15, -0.1) is 5.10 Å². The van der Waals surface area contributed by atoms with E-state index in [4.69, 9.17) is 0 Å². The Morgan fingerprint density at radius 3 is 2.91 bits per heavy atom. The fourth-order valence-electron chi connectivity index (χ4n) is 2.25. The van der Waals surface area contributed by atoms with Crippen molar-refractivity contribution in [2.24, 2.45) is 0 Å². The molecule has 6 nitrogen and oxygen atoms in total. The third-order valence-electron chi connectivity index (χ3n) is 3.52. The van der Waals surface area contributed by atoms with Gasteiger partial charge in [-0.3, -0.25) is 4.57 Å². The second kappa shape index (κ2) is 6.23. The van der Waals surface area contributed by atoms with Crippen LogP contribution in [0, 0.1) is 6.92 Å². The zero-order valence-electron chi connectivity index (χ0n) is 12.5. The van der Waals surface area contributed by atoms with Crippen LogP contribution in [0.4, 0.5) is 0 Å². The lowest BCUT2D eigenvalue weighted by molar-refractivity contribution is 0.660. The maximum absolute atomic E-state index is 11.5. The molecule has 0 spiro atoms. The third kappa shape index (κ3) is 2.85. The standard InChI is InChI=1S/C15H17N5OS/c1-3-20-14(21)17-18-15(20)22-9-12-4-5-13(8-11(12)2)19-7-6-16-10-19/h4-8,10H,3,9H2,1-2H3,(H,17,21). The van der Waals surface area contributed by atoms with Crippen LogP contribution in [-0.4, -0.2) is 24.3 Å². The van der Waals surface area contributed by atoms with Crippen molar-refractivity contribution in [3.05, 3.63) is 58.5 Å². The number of thioether (sulfide) groups is 1. The summed E-state index contributed by atoms with van der Waals surface area (Å²) in [5, 5.41) is 7.29. The fourth-order valence-corrected chi connectivity index (χ4v) is 3.34. The lowest BCUT2D eigenvalue weighted by atomic mass is 10.1. The van der Waals surface area contributed by atoms with Gasteiger partial charge in [-0.2, -0.15) is 0 Å². The predicted octanol–water partition coefficient (Wildman–Crippen LogP) is 2.38. The lowest BCUT2D eigenvalue weighted by Crippen LogP contribution is -2.16. The molecule has 1 N–H and O–H groups in total. The van der Waals surface area contributed by atoms with Crippen molar-refractivity contribution in [1.29, 1.82) is 0 Å². The summed E-state index contributed by atoms with van der Waals surface area (Å²) in [7, 11) is 0. The van der Waals surface area contributed by atoms with Crippen LogP contribution in [0.15, 0.2) is 46.9 Å². The molecule has 0 aliphatic carbocycles. The molecule has 1 aromatic carbocycles. The summed E-state index contributed by atoms with van der Waals surface area (Å²) in [6.45, 7) is 4.65. The summed E-state index contributed by atoms with van der Waals surface area (Å²) in [6.07, 6.45) is 5.47. The molecule has 0 amide bonds. The molecular weight excluding hydrogens is 298 g/mol. The van der Waals surface area contributed by atoms with Crippen molar-refractivity contribution >= 4 is 11.8 Å². The van der Waals surface area contributed by atoms with Crippen molar-refractivity contribution in [3.8, 4) is 5.69 Å². The minimum atomic E-state index is -0.155. The Hall–Kier alpha value is -2.28. The van der Waals surface area contributed by atoms with Crippen molar-refractivity contribution in [1.82, 2.24) is 24.3 Å². The Bertz CT molecular complexity index is 819. The molecule has 2 heterocycles. The minimum absolute atomic E-state index is 0.155. The zero-order chi connectivity index (χ0) is 15.5. The molecule has 0 aliphatic heterocycles. The summed E-state index contributed by atoms with van der Waals surface area (Å²) in [5.41, 5.74) is 3.37. The maximum atomic E-state index is 11.5. The van der Waals surface area contributed by atoms with E-state index in [2.05, 4.69) is 40.3 Å². The molecule has 0 saturated heterocycles. The van der Waals surface area contributed by atoms with Gasteiger partial charge < -0.3 is 4.57 Å². The summed E-state index contributed by atoms with van der Waals surface area (Å²) < 4.78 is 3.62. The van der Waals surface area contributed by atoms with Crippen LogP contribution in [0.5, 0.6) is 0 Å². The number of aromatic nitrogens is 5. The smallest absolute Gasteiger partial charge is 0.306 e. The Morgan fingerprint density at radius 2 is 2.23 bits per heavy atom. The Balaban J connectivity index is 1.77. The normalized spacial score (nSPS) is 11.0. The highest BCUT2D eigenvalue weighted by molar-refractivity contribution is 7.98. The topological polar surface area (TPSA) is 68.5 Å². The Morgan fingerprint density at radius 1 is 1.36 bits per heavy atom. The molecule has 0 atom stereocenters. The van der Waals surface area contributed by atoms with Crippen LogP contribution in [0.1, 0.15) is 18.1 Å². The van der Waals surface area contributed by atoms with Gasteiger partial charge in [0.25, 0.3) is 0 Å². The van der Waals surface area contributed by atoms with Gasteiger partial charge in [-0.1, -0.05) is 17.8 Å². The van der Waals surface area contributed by atoms with E-state index in [1.54, 1.807) is 28.9 Å². The molecule has 0 unspecified atom stereocenters. The van der Waals surface area contributed by atoms with Crippen LogP contribution in [0.2, 0.25) is 0 Å². The van der Waals surface area contributed by atoms with Crippen LogP contribution in [0.3, 0.4) is 0 Å². The first-order valence-corrected chi connectivity index (χ1v) is 8.03. The van der Waals surface area contributed by atoms with E-state index in [0.29, 0.717) is 6.54 Å². The number of benzene rings is 1. The molecule has 0 aliphatic rings. The van der Waals surface area contributed by atoms with Gasteiger partial charge in [0.2, 0.25) is 0 Å². The van der Waals surface area contributed by atoms with Crippen molar-refractivity contribution in [3.63, 3.8) is 0 Å². The van der Waals surface area contributed by atoms with E-state index in [1.807, 2.05) is 17.7 Å². The molecule has 0 saturated carbocycles. The number of aryl methyl sites for hydroxylation is 1. The second-order valence-electron chi connectivity index (χ2n) is 4.93. The maximum Gasteiger partial charge on any atom is 0.343 e. The quantitative estimate of drug-likeness (QED) is 0.734. The monoisotopic (exact) mass is 315 g/mol. The number of hydrogen-bond donors (Lipinski definition) is 1.